The zero-order valence-corrected chi connectivity index (χ0v) is 16.8. The van der Waals surface area contributed by atoms with Crippen molar-refractivity contribution >= 4 is 34.3 Å². The summed E-state index contributed by atoms with van der Waals surface area (Å²) < 4.78 is 5.32. The Morgan fingerprint density at radius 2 is 1.67 bits per heavy atom. The molecule has 0 atom stereocenters. The Labute approximate surface area is 163 Å². The molecule has 1 amide bonds. The van der Waals surface area contributed by atoms with Gasteiger partial charge in [-0.15, -0.1) is 11.8 Å². The molecular formula is C22H23NO3S. The molecule has 0 aliphatic carbocycles. The van der Waals surface area contributed by atoms with Gasteiger partial charge in [0.1, 0.15) is 5.58 Å². The van der Waals surface area contributed by atoms with Gasteiger partial charge in [0.25, 0.3) is 0 Å². The molecule has 0 saturated heterocycles. The maximum atomic E-state index is 12.2. The van der Waals surface area contributed by atoms with Crippen LogP contribution in [0.1, 0.15) is 27.8 Å². The predicted octanol–water partition coefficient (Wildman–Crippen LogP) is 4.90. The van der Waals surface area contributed by atoms with E-state index in [1.54, 1.807) is 0 Å². The highest BCUT2D eigenvalue weighted by atomic mass is 32.2. The van der Waals surface area contributed by atoms with Crippen LogP contribution >= 0.6 is 11.8 Å². The molecule has 0 aliphatic rings. The summed E-state index contributed by atoms with van der Waals surface area (Å²) in [6.07, 6.45) is 0. The van der Waals surface area contributed by atoms with Crippen LogP contribution in [0.4, 0.5) is 5.69 Å². The lowest BCUT2D eigenvalue weighted by Gasteiger charge is -2.09. The minimum Gasteiger partial charge on any atom is -0.423 e. The van der Waals surface area contributed by atoms with E-state index in [1.807, 2.05) is 58.0 Å². The number of hydrogen-bond donors (Lipinski definition) is 1. The van der Waals surface area contributed by atoms with E-state index in [1.165, 1.54) is 23.4 Å². The van der Waals surface area contributed by atoms with Crippen LogP contribution in [0.2, 0.25) is 0 Å². The molecular weight excluding hydrogens is 358 g/mol. The summed E-state index contributed by atoms with van der Waals surface area (Å²) in [7, 11) is 0. The van der Waals surface area contributed by atoms with Crippen molar-refractivity contribution in [3.05, 3.63) is 74.6 Å². The standard InChI is InChI=1S/C22H23NO3S/c1-13-5-6-18(7-14(13)2)23-21(24)12-27-11-17-10-22(25)26-20-9-16(4)15(3)8-19(17)20/h5-10H,11-12H2,1-4H3,(H,23,24). The normalized spacial score (nSPS) is 11.0. The summed E-state index contributed by atoms with van der Waals surface area (Å²) in [5.41, 5.74) is 6.52. The Bertz CT molecular complexity index is 1070. The first-order valence-electron chi connectivity index (χ1n) is 8.82. The number of aryl methyl sites for hydroxylation is 4. The van der Waals surface area contributed by atoms with Crippen LogP contribution in [0.3, 0.4) is 0 Å². The minimum atomic E-state index is -0.360. The predicted molar refractivity (Wildman–Crippen MR) is 113 cm³/mol. The highest BCUT2D eigenvalue weighted by Crippen LogP contribution is 2.24. The fourth-order valence-electron chi connectivity index (χ4n) is 2.87. The van der Waals surface area contributed by atoms with Gasteiger partial charge in [0.15, 0.2) is 0 Å². The lowest BCUT2D eigenvalue weighted by atomic mass is 10.0. The fraction of sp³-hybridized carbons (Fsp3) is 0.273. The second kappa shape index (κ2) is 8.01. The Balaban J connectivity index is 1.68. The molecule has 3 aromatic rings. The number of fused-ring (bicyclic) bond motifs is 1. The van der Waals surface area contributed by atoms with Crippen molar-refractivity contribution < 1.29 is 9.21 Å². The number of carbonyl (C=O) groups is 1. The van der Waals surface area contributed by atoms with E-state index < -0.39 is 0 Å². The van der Waals surface area contributed by atoms with Crippen LogP contribution in [-0.2, 0) is 10.5 Å². The van der Waals surface area contributed by atoms with Gasteiger partial charge in [0.2, 0.25) is 5.91 Å². The SMILES string of the molecule is Cc1ccc(NC(=O)CSCc2cc(=O)oc3cc(C)c(C)cc23)cc1C. The van der Waals surface area contributed by atoms with Gasteiger partial charge in [0, 0.05) is 22.9 Å². The van der Waals surface area contributed by atoms with Gasteiger partial charge in [-0.05, 0) is 79.8 Å². The highest BCUT2D eigenvalue weighted by Gasteiger charge is 2.10. The van der Waals surface area contributed by atoms with Crippen LogP contribution in [0.5, 0.6) is 0 Å². The van der Waals surface area contributed by atoms with Crippen molar-refractivity contribution in [2.75, 3.05) is 11.1 Å². The van der Waals surface area contributed by atoms with Gasteiger partial charge in [-0.2, -0.15) is 0 Å². The monoisotopic (exact) mass is 381 g/mol. The number of anilines is 1. The average Bonchev–Trinajstić information content (AvgIpc) is 2.60. The molecule has 2 aromatic carbocycles. The number of nitrogens with one attached hydrogen (secondary N) is 1. The summed E-state index contributed by atoms with van der Waals surface area (Å²) in [6.45, 7) is 8.09. The summed E-state index contributed by atoms with van der Waals surface area (Å²) in [5, 5.41) is 3.85. The molecule has 0 saturated carbocycles. The molecule has 5 heteroatoms. The lowest BCUT2D eigenvalue weighted by Crippen LogP contribution is -2.14. The van der Waals surface area contributed by atoms with Crippen molar-refractivity contribution in [3.8, 4) is 0 Å². The van der Waals surface area contributed by atoms with Crippen molar-refractivity contribution in [3.63, 3.8) is 0 Å². The molecule has 0 fully saturated rings. The molecule has 0 radical (unpaired) electrons. The zero-order valence-electron chi connectivity index (χ0n) is 16.0. The highest BCUT2D eigenvalue weighted by molar-refractivity contribution is 7.99. The van der Waals surface area contributed by atoms with Gasteiger partial charge in [-0.1, -0.05) is 6.07 Å². The molecule has 0 unspecified atom stereocenters. The van der Waals surface area contributed by atoms with Gasteiger partial charge in [0.05, 0.1) is 5.75 Å². The number of thioether (sulfide) groups is 1. The molecule has 1 heterocycles. The van der Waals surface area contributed by atoms with Crippen LogP contribution in [0.15, 0.2) is 45.6 Å². The number of amides is 1. The number of rotatable bonds is 5. The van der Waals surface area contributed by atoms with E-state index in [0.717, 1.165) is 33.3 Å². The summed E-state index contributed by atoms with van der Waals surface area (Å²) in [6, 6.07) is 11.3. The third-order valence-electron chi connectivity index (χ3n) is 4.73. The maximum absolute atomic E-state index is 12.2. The van der Waals surface area contributed by atoms with Gasteiger partial charge < -0.3 is 9.73 Å². The van der Waals surface area contributed by atoms with E-state index >= 15 is 0 Å². The minimum absolute atomic E-state index is 0.0532. The maximum Gasteiger partial charge on any atom is 0.336 e. The summed E-state index contributed by atoms with van der Waals surface area (Å²) in [4.78, 5) is 24.1. The van der Waals surface area contributed by atoms with E-state index in [2.05, 4.69) is 5.32 Å². The van der Waals surface area contributed by atoms with E-state index in [-0.39, 0.29) is 11.5 Å². The second-order valence-corrected chi connectivity index (χ2v) is 7.85. The van der Waals surface area contributed by atoms with Gasteiger partial charge >= 0.3 is 5.63 Å². The van der Waals surface area contributed by atoms with Gasteiger partial charge in [-0.25, -0.2) is 4.79 Å². The third-order valence-corrected chi connectivity index (χ3v) is 5.71. The third kappa shape index (κ3) is 4.61. The first kappa shape index (κ1) is 19.2. The average molecular weight is 381 g/mol. The van der Waals surface area contributed by atoms with Crippen molar-refractivity contribution in [2.45, 2.75) is 33.4 Å². The molecule has 0 bridgehead atoms. The second-order valence-electron chi connectivity index (χ2n) is 6.86. The van der Waals surface area contributed by atoms with E-state index in [4.69, 9.17) is 4.42 Å². The largest absolute Gasteiger partial charge is 0.423 e. The van der Waals surface area contributed by atoms with E-state index in [9.17, 15) is 9.59 Å². The van der Waals surface area contributed by atoms with Crippen molar-refractivity contribution in [1.29, 1.82) is 0 Å². The first-order valence-corrected chi connectivity index (χ1v) is 9.98. The van der Waals surface area contributed by atoms with Crippen molar-refractivity contribution in [1.82, 2.24) is 0 Å². The Kier molecular flexibility index (Phi) is 5.71. The Morgan fingerprint density at radius 1 is 0.963 bits per heavy atom. The Morgan fingerprint density at radius 3 is 2.41 bits per heavy atom. The molecule has 27 heavy (non-hydrogen) atoms. The number of carbonyl (C=O) groups excluding carboxylic acids is 1. The molecule has 4 nitrogen and oxygen atoms in total. The van der Waals surface area contributed by atoms with Crippen LogP contribution in [0.25, 0.3) is 11.0 Å². The van der Waals surface area contributed by atoms with Gasteiger partial charge in [-0.3, -0.25) is 4.79 Å². The number of hydrogen-bond acceptors (Lipinski definition) is 4. The molecule has 0 spiro atoms. The molecule has 1 N–H and O–H groups in total. The first-order chi connectivity index (χ1) is 12.8. The molecule has 1 aromatic heterocycles. The van der Waals surface area contributed by atoms with Crippen molar-refractivity contribution in [2.24, 2.45) is 0 Å². The van der Waals surface area contributed by atoms with E-state index in [0.29, 0.717) is 17.1 Å². The van der Waals surface area contributed by atoms with Crippen LogP contribution in [-0.4, -0.2) is 11.7 Å². The number of benzene rings is 2. The Hall–Kier alpha value is -2.53. The topological polar surface area (TPSA) is 59.3 Å². The molecule has 0 aliphatic heterocycles. The molecule has 3 rings (SSSR count). The van der Waals surface area contributed by atoms with Crippen LogP contribution in [0, 0.1) is 27.7 Å². The zero-order chi connectivity index (χ0) is 19.6. The molecule has 140 valence electrons. The quantitative estimate of drug-likeness (QED) is 0.639. The van der Waals surface area contributed by atoms with Crippen LogP contribution < -0.4 is 10.9 Å². The summed E-state index contributed by atoms with van der Waals surface area (Å²) >= 11 is 1.48. The lowest BCUT2D eigenvalue weighted by molar-refractivity contribution is -0.113. The summed E-state index contributed by atoms with van der Waals surface area (Å²) in [5.74, 6) is 0.840. The fourth-order valence-corrected chi connectivity index (χ4v) is 3.69. The smallest absolute Gasteiger partial charge is 0.336 e.